The molecule has 6 heteroatoms. The Morgan fingerprint density at radius 3 is 3.00 bits per heavy atom. The molecule has 1 fully saturated rings. The summed E-state index contributed by atoms with van der Waals surface area (Å²) in [5.41, 5.74) is 2.42. The van der Waals surface area contributed by atoms with E-state index in [1.54, 1.807) is 13.4 Å². The van der Waals surface area contributed by atoms with Crippen LogP contribution >= 0.6 is 0 Å². The van der Waals surface area contributed by atoms with Crippen LogP contribution in [0.25, 0.3) is 11.2 Å². The summed E-state index contributed by atoms with van der Waals surface area (Å²) in [6, 6.07) is 0.373. The highest BCUT2D eigenvalue weighted by Gasteiger charge is 2.20. The molecule has 1 aliphatic heterocycles. The van der Waals surface area contributed by atoms with E-state index in [1.165, 1.54) is 6.42 Å². The molecule has 1 atom stereocenters. The van der Waals surface area contributed by atoms with Crippen LogP contribution in [0.4, 0.5) is 0 Å². The number of aromatic nitrogens is 4. The number of methoxy groups -OCH3 is 1. The zero-order valence-electron chi connectivity index (χ0n) is 10.6. The van der Waals surface area contributed by atoms with E-state index in [1.807, 2.05) is 11.5 Å². The molecule has 0 aromatic carbocycles. The summed E-state index contributed by atoms with van der Waals surface area (Å²) in [5, 5.41) is 0. The number of rotatable bonds is 2. The van der Waals surface area contributed by atoms with Gasteiger partial charge < -0.3 is 9.47 Å². The molecule has 0 bridgehead atoms. The maximum absolute atomic E-state index is 5.77. The van der Waals surface area contributed by atoms with Crippen molar-refractivity contribution in [1.29, 1.82) is 0 Å². The second kappa shape index (κ2) is 4.53. The van der Waals surface area contributed by atoms with Gasteiger partial charge >= 0.3 is 6.01 Å². The van der Waals surface area contributed by atoms with E-state index >= 15 is 0 Å². The Kier molecular flexibility index (Phi) is 2.87. The Hall–Kier alpha value is -1.69. The number of hydrogen-bond acceptors (Lipinski definition) is 5. The van der Waals surface area contributed by atoms with Crippen molar-refractivity contribution in [3.8, 4) is 6.01 Å². The Balaban J connectivity index is 2.09. The summed E-state index contributed by atoms with van der Waals surface area (Å²) in [5.74, 6) is 0. The highest BCUT2D eigenvalue weighted by molar-refractivity contribution is 5.73. The summed E-state index contributed by atoms with van der Waals surface area (Å²) in [4.78, 5) is 13.0. The van der Waals surface area contributed by atoms with E-state index in [0.29, 0.717) is 6.01 Å². The zero-order chi connectivity index (χ0) is 12.5. The SMILES string of the molecule is COc1nc(C)c2ncn(C3CCCCO3)c2n1. The van der Waals surface area contributed by atoms with Gasteiger partial charge in [0.2, 0.25) is 0 Å². The standard InChI is InChI=1S/C12H16N4O2/c1-8-10-11(15-12(14-8)17-2)16(7-13-10)9-5-3-4-6-18-9/h7,9H,3-6H2,1-2H3. The molecule has 0 saturated carbocycles. The molecule has 0 amide bonds. The average Bonchev–Trinajstić information content (AvgIpc) is 2.84. The molecule has 0 spiro atoms. The predicted octanol–water partition coefficient (Wildman–Crippen LogP) is 1.84. The molecule has 3 heterocycles. The van der Waals surface area contributed by atoms with Crippen LogP contribution in [0.2, 0.25) is 0 Å². The third-order valence-corrected chi connectivity index (χ3v) is 3.22. The van der Waals surface area contributed by atoms with Crippen LogP contribution in [-0.4, -0.2) is 33.2 Å². The fourth-order valence-corrected chi connectivity index (χ4v) is 2.28. The Labute approximate surface area is 105 Å². The summed E-state index contributed by atoms with van der Waals surface area (Å²) < 4.78 is 12.9. The first-order valence-corrected chi connectivity index (χ1v) is 6.16. The fraction of sp³-hybridized carbons (Fsp3) is 0.583. The van der Waals surface area contributed by atoms with E-state index < -0.39 is 0 Å². The molecule has 2 aromatic heterocycles. The lowest BCUT2D eigenvalue weighted by atomic mass is 10.2. The van der Waals surface area contributed by atoms with E-state index in [2.05, 4.69) is 15.0 Å². The first-order chi connectivity index (χ1) is 8.79. The van der Waals surface area contributed by atoms with Gasteiger partial charge in [0.15, 0.2) is 5.65 Å². The zero-order valence-corrected chi connectivity index (χ0v) is 10.6. The summed E-state index contributed by atoms with van der Waals surface area (Å²) in [7, 11) is 1.57. The Morgan fingerprint density at radius 2 is 2.28 bits per heavy atom. The first kappa shape index (κ1) is 11.4. The van der Waals surface area contributed by atoms with Gasteiger partial charge in [0.25, 0.3) is 0 Å². The molecule has 0 aliphatic carbocycles. The number of nitrogens with zero attached hydrogens (tertiary/aromatic N) is 4. The lowest BCUT2D eigenvalue weighted by molar-refractivity contribution is -0.0298. The minimum atomic E-state index is 0.0303. The molecular formula is C12H16N4O2. The van der Waals surface area contributed by atoms with Gasteiger partial charge in [0, 0.05) is 6.61 Å². The van der Waals surface area contributed by atoms with Crippen LogP contribution in [-0.2, 0) is 4.74 Å². The van der Waals surface area contributed by atoms with Crippen molar-refractivity contribution >= 4 is 11.2 Å². The third kappa shape index (κ3) is 1.82. The number of ether oxygens (including phenoxy) is 2. The van der Waals surface area contributed by atoms with Crippen molar-refractivity contribution in [2.24, 2.45) is 0 Å². The molecule has 2 aromatic rings. The van der Waals surface area contributed by atoms with Crippen molar-refractivity contribution in [3.63, 3.8) is 0 Å². The fourth-order valence-electron chi connectivity index (χ4n) is 2.28. The van der Waals surface area contributed by atoms with E-state index in [-0.39, 0.29) is 6.23 Å². The minimum absolute atomic E-state index is 0.0303. The smallest absolute Gasteiger partial charge is 0.318 e. The van der Waals surface area contributed by atoms with E-state index in [4.69, 9.17) is 9.47 Å². The molecule has 0 radical (unpaired) electrons. The predicted molar refractivity (Wildman–Crippen MR) is 65.5 cm³/mol. The number of hydrogen-bond donors (Lipinski definition) is 0. The molecular weight excluding hydrogens is 232 g/mol. The average molecular weight is 248 g/mol. The van der Waals surface area contributed by atoms with Gasteiger partial charge in [-0.25, -0.2) is 4.98 Å². The van der Waals surface area contributed by atoms with Crippen molar-refractivity contribution in [1.82, 2.24) is 19.5 Å². The van der Waals surface area contributed by atoms with Crippen molar-refractivity contribution in [2.45, 2.75) is 32.4 Å². The van der Waals surface area contributed by atoms with Crippen molar-refractivity contribution in [2.75, 3.05) is 13.7 Å². The minimum Gasteiger partial charge on any atom is -0.467 e. The monoisotopic (exact) mass is 248 g/mol. The van der Waals surface area contributed by atoms with Crippen LogP contribution in [0.5, 0.6) is 6.01 Å². The number of imidazole rings is 1. The Morgan fingerprint density at radius 1 is 1.39 bits per heavy atom. The van der Waals surface area contributed by atoms with Gasteiger partial charge in [-0.05, 0) is 26.2 Å². The second-order valence-electron chi connectivity index (χ2n) is 4.44. The largest absolute Gasteiger partial charge is 0.467 e. The quantitative estimate of drug-likeness (QED) is 0.811. The maximum atomic E-state index is 5.77. The van der Waals surface area contributed by atoms with Crippen LogP contribution in [0.3, 0.4) is 0 Å². The lowest BCUT2D eigenvalue weighted by Gasteiger charge is -2.23. The van der Waals surface area contributed by atoms with Gasteiger partial charge in [0.1, 0.15) is 11.7 Å². The summed E-state index contributed by atoms with van der Waals surface area (Å²) >= 11 is 0. The molecule has 1 unspecified atom stereocenters. The maximum Gasteiger partial charge on any atom is 0.318 e. The van der Waals surface area contributed by atoms with Crippen molar-refractivity contribution in [3.05, 3.63) is 12.0 Å². The highest BCUT2D eigenvalue weighted by Crippen LogP contribution is 2.26. The topological polar surface area (TPSA) is 62.1 Å². The van der Waals surface area contributed by atoms with Crippen LogP contribution in [0.15, 0.2) is 6.33 Å². The van der Waals surface area contributed by atoms with Crippen LogP contribution in [0.1, 0.15) is 31.2 Å². The molecule has 1 saturated heterocycles. The Bertz CT molecular complexity index is 560. The van der Waals surface area contributed by atoms with Crippen LogP contribution in [0, 0.1) is 6.92 Å². The third-order valence-electron chi connectivity index (χ3n) is 3.22. The molecule has 96 valence electrons. The lowest BCUT2D eigenvalue weighted by Crippen LogP contribution is -2.17. The van der Waals surface area contributed by atoms with Gasteiger partial charge in [-0.2, -0.15) is 9.97 Å². The molecule has 6 nitrogen and oxygen atoms in total. The van der Waals surface area contributed by atoms with Crippen LogP contribution < -0.4 is 4.74 Å². The molecule has 0 N–H and O–H groups in total. The summed E-state index contributed by atoms with van der Waals surface area (Å²) in [6.45, 7) is 2.71. The molecule has 18 heavy (non-hydrogen) atoms. The number of fused-ring (bicyclic) bond motifs is 1. The first-order valence-electron chi connectivity index (χ1n) is 6.16. The van der Waals surface area contributed by atoms with Gasteiger partial charge in [-0.15, -0.1) is 0 Å². The van der Waals surface area contributed by atoms with Gasteiger partial charge in [-0.3, -0.25) is 4.57 Å². The second-order valence-corrected chi connectivity index (χ2v) is 4.44. The van der Waals surface area contributed by atoms with Crippen molar-refractivity contribution < 1.29 is 9.47 Å². The van der Waals surface area contributed by atoms with Gasteiger partial charge in [-0.1, -0.05) is 0 Å². The van der Waals surface area contributed by atoms with Gasteiger partial charge in [0.05, 0.1) is 19.1 Å². The summed E-state index contributed by atoms with van der Waals surface area (Å²) in [6.07, 6.45) is 5.10. The molecule has 3 rings (SSSR count). The van der Waals surface area contributed by atoms with E-state index in [0.717, 1.165) is 36.3 Å². The normalized spacial score (nSPS) is 20.2. The highest BCUT2D eigenvalue weighted by atomic mass is 16.5. The van der Waals surface area contributed by atoms with E-state index in [9.17, 15) is 0 Å². The number of aryl methyl sites for hydroxylation is 1. The molecule has 1 aliphatic rings.